The second-order valence-corrected chi connectivity index (χ2v) is 20.3. The number of nitrogens with zero attached hydrogens (tertiary/aromatic N) is 2. The molecule has 0 bridgehead atoms. The van der Waals surface area contributed by atoms with Crippen LogP contribution in [0.4, 0.5) is 34.1 Å². The van der Waals surface area contributed by atoms with E-state index in [0.29, 0.717) is 0 Å². The smallest absolute Gasteiger partial charge is 0.136 e. The molecule has 354 valence electrons. The average molecular weight is 967 g/mol. The fourth-order valence-electron chi connectivity index (χ4n) is 13.3. The van der Waals surface area contributed by atoms with Crippen LogP contribution in [0.15, 0.2) is 283 Å². The second kappa shape index (κ2) is 16.5. The Morgan fingerprint density at radius 3 is 1.49 bits per heavy atom. The van der Waals surface area contributed by atoms with Crippen LogP contribution in [0.2, 0.25) is 0 Å². The summed E-state index contributed by atoms with van der Waals surface area (Å²) < 4.78 is 6.69. The van der Waals surface area contributed by atoms with Crippen LogP contribution in [0.1, 0.15) is 22.3 Å². The summed E-state index contributed by atoms with van der Waals surface area (Å²) in [6.07, 6.45) is 0. The Hall–Kier alpha value is -9.96. The van der Waals surface area contributed by atoms with E-state index < -0.39 is 5.41 Å². The molecule has 13 aromatic rings. The van der Waals surface area contributed by atoms with Crippen molar-refractivity contribution in [2.45, 2.75) is 5.41 Å². The molecule has 2 heterocycles. The number of furan rings is 1. The van der Waals surface area contributed by atoms with Gasteiger partial charge in [0.2, 0.25) is 0 Å². The van der Waals surface area contributed by atoms with Gasteiger partial charge in [-0.25, -0.2) is 0 Å². The molecule has 0 N–H and O–H groups in total. The van der Waals surface area contributed by atoms with Crippen molar-refractivity contribution >= 4 is 56.1 Å². The van der Waals surface area contributed by atoms with Crippen LogP contribution < -0.4 is 9.80 Å². The molecule has 0 saturated heterocycles. The van der Waals surface area contributed by atoms with Gasteiger partial charge in [0.05, 0.1) is 22.5 Å². The molecule has 1 spiro atoms. The zero-order valence-corrected chi connectivity index (χ0v) is 41.4. The molecule has 3 aliphatic rings. The predicted octanol–water partition coefficient (Wildman–Crippen LogP) is 19.9. The largest absolute Gasteiger partial charge is 0.456 e. The minimum Gasteiger partial charge on any atom is -0.456 e. The normalized spacial score (nSPS) is 14.3. The van der Waals surface area contributed by atoms with E-state index in [2.05, 4.69) is 289 Å². The number of benzene rings is 12. The Bertz CT molecular complexity index is 4490. The van der Waals surface area contributed by atoms with Gasteiger partial charge < -0.3 is 14.2 Å². The van der Waals surface area contributed by atoms with Crippen LogP contribution in [0.3, 0.4) is 0 Å². The van der Waals surface area contributed by atoms with Crippen LogP contribution in [-0.2, 0) is 5.41 Å². The molecule has 1 aromatic heterocycles. The first-order chi connectivity index (χ1) is 37.7. The highest BCUT2D eigenvalue weighted by Crippen LogP contribution is 2.63. The van der Waals surface area contributed by atoms with Crippen LogP contribution in [0.5, 0.6) is 0 Å². The maximum Gasteiger partial charge on any atom is 0.136 e. The summed E-state index contributed by atoms with van der Waals surface area (Å²) in [4.78, 5) is 4.94. The summed E-state index contributed by atoms with van der Waals surface area (Å²) >= 11 is 0. The van der Waals surface area contributed by atoms with Crippen molar-refractivity contribution in [3.63, 3.8) is 0 Å². The number of hydrogen-bond donors (Lipinski definition) is 0. The van der Waals surface area contributed by atoms with E-state index in [9.17, 15) is 0 Å². The molecule has 1 unspecified atom stereocenters. The number of anilines is 6. The Morgan fingerprint density at radius 1 is 0.289 bits per heavy atom. The average Bonchev–Trinajstić information content (AvgIpc) is 4.08. The highest BCUT2D eigenvalue weighted by atomic mass is 16.3. The standard InChI is InChI=1S/C73H46N2O/c1-3-21-47(22-4-1)51-25-11-17-35-68(51)74(49-39-41-54-58-30-12-18-36-69(58)75(48-23-5-2-6-24-48)70-37-19-13-31-59(70)61(54)43-49)50-40-42-57-53-27-8-7-26-52(53)55-28-9-15-33-64(55)73(66(57)44-50)65-34-16-10-29-56(65)62-46-72-63(45-67(62)73)60-32-14-20-38-71(60)76-72/h1-46H. The molecule has 0 fully saturated rings. The Kier molecular flexibility index (Phi) is 9.25. The monoisotopic (exact) mass is 966 g/mol. The molecular weight excluding hydrogens is 921 g/mol. The van der Waals surface area contributed by atoms with Gasteiger partial charge in [-0.15, -0.1) is 0 Å². The third-order valence-electron chi connectivity index (χ3n) is 16.4. The highest BCUT2D eigenvalue weighted by molar-refractivity contribution is 6.10. The van der Waals surface area contributed by atoms with Gasteiger partial charge >= 0.3 is 0 Å². The summed E-state index contributed by atoms with van der Waals surface area (Å²) in [6.45, 7) is 0. The summed E-state index contributed by atoms with van der Waals surface area (Å²) in [5, 5.41) is 2.24. The summed E-state index contributed by atoms with van der Waals surface area (Å²) in [5.74, 6) is 0. The zero-order valence-electron chi connectivity index (χ0n) is 41.4. The van der Waals surface area contributed by atoms with E-state index >= 15 is 0 Å². The number of hydrogen-bond acceptors (Lipinski definition) is 3. The van der Waals surface area contributed by atoms with Crippen LogP contribution in [-0.4, -0.2) is 0 Å². The number of fused-ring (bicyclic) bond motifs is 20. The number of rotatable bonds is 5. The Morgan fingerprint density at radius 2 is 0.776 bits per heavy atom. The van der Waals surface area contributed by atoms with Gasteiger partial charge in [0, 0.05) is 44.5 Å². The lowest BCUT2D eigenvalue weighted by atomic mass is 9.65. The van der Waals surface area contributed by atoms with E-state index in [1.165, 1.54) is 77.9 Å². The van der Waals surface area contributed by atoms with Gasteiger partial charge in [0.25, 0.3) is 0 Å². The van der Waals surface area contributed by atoms with Gasteiger partial charge in [-0.3, -0.25) is 0 Å². The van der Waals surface area contributed by atoms with E-state index in [-0.39, 0.29) is 0 Å². The lowest BCUT2D eigenvalue weighted by molar-refractivity contribution is 0.668. The van der Waals surface area contributed by atoms with Crippen LogP contribution in [0.25, 0.3) is 88.7 Å². The fourth-order valence-corrected chi connectivity index (χ4v) is 13.3. The molecule has 0 amide bonds. The molecule has 0 radical (unpaired) electrons. The van der Waals surface area contributed by atoms with E-state index in [1.807, 2.05) is 0 Å². The molecule has 12 aromatic carbocycles. The topological polar surface area (TPSA) is 19.6 Å². The molecular formula is C73H46N2O. The lowest BCUT2D eigenvalue weighted by Crippen LogP contribution is -2.29. The van der Waals surface area contributed by atoms with Crippen LogP contribution >= 0.6 is 0 Å². The first-order valence-corrected chi connectivity index (χ1v) is 26.2. The molecule has 0 saturated carbocycles. The van der Waals surface area contributed by atoms with Crippen molar-refractivity contribution in [2.24, 2.45) is 0 Å². The minimum absolute atomic E-state index is 0.735. The fraction of sp³-hybridized carbons (Fsp3) is 0.0137. The second-order valence-electron chi connectivity index (χ2n) is 20.3. The Balaban J connectivity index is 1.01. The minimum atomic E-state index is -0.735. The quantitative estimate of drug-likeness (QED) is 0.171. The highest BCUT2D eigenvalue weighted by Gasteiger charge is 2.50. The zero-order chi connectivity index (χ0) is 49.9. The molecule has 1 aliphatic heterocycles. The molecule has 16 rings (SSSR count). The summed E-state index contributed by atoms with van der Waals surface area (Å²) in [5.41, 5.74) is 27.0. The lowest BCUT2D eigenvalue weighted by Gasteiger charge is -2.37. The maximum atomic E-state index is 6.69. The summed E-state index contributed by atoms with van der Waals surface area (Å²) in [6, 6.07) is 103. The van der Waals surface area contributed by atoms with E-state index in [4.69, 9.17) is 4.42 Å². The van der Waals surface area contributed by atoms with Crippen molar-refractivity contribution in [1.82, 2.24) is 0 Å². The molecule has 3 nitrogen and oxygen atoms in total. The van der Waals surface area contributed by atoms with Gasteiger partial charge in [-0.2, -0.15) is 0 Å². The van der Waals surface area contributed by atoms with Gasteiger partial charge in [-0.1, -0.05) is 206 Å². The van der Waals surface area contributed by atoms with Crippen molar-refractivity contribution in [1.29, 1.82) is 0 Å². The third kappa shape index (κ3) is 6.05. The third-order valence-corrected chi connectivity index (χ3v) is 16.4. The Labute approximate surface area is 441 Å². The number of para-hydroxylation sites is 5. The van der Waals surface area contributed by atoms with Gasteiger partial charge in [-0.05, 0) is 145 Å². The van der Waals surface area contributed by atoms with Gasteiger partial charge in [0.15, 0.2) is 0 Å². The SMILES string of the molecule is c1ccc(-c2ccccc2N(c2ccc3c(c2)-c2ccccc2N(c2ccccc2)c2ccccc2-3)c2ccc3c(c2)C2(c4ccccc4-c4ccccc4-3)c3ccccc3-c3cc4oc5ccccc5c4cc32)cc1. The first kappa shape index (κ1) is 42.5. The predicted molar refractivity (Wildman–Crippen MR) is 315 cm³/mol. The maximum absolute atomic E-state index is 6.69. The van der Waals surface area contributed by atoms with E-state index in [0.717, 1.165) is 67.2 Å². The van der Waals surface area contributed by atoms with Crippen LogP contribution in [0, 0.1) is 0 Å². The van der Waals surface area contributed by atoms with Crippen molar-refractivity contribution < 1.29 is 4.42 Å². The molecule has 1 atom stereocenters. The van der Waals surface area contributed by atoms with E-state index in [1.54, 1.807) is 0 Å². The molecule has 3 heteroatoms. The van der Waals surface area contributed by atoms with Crippen molar-refractivity contribution in [3.05, 3.63) is 301 Å². The van der Waals surface area contributed by atoms with Crippen molar-refractivity contribution in [3.8, 4) is 66.8 Å². The summed E-state index contributed by atoms with van der Waals surface area (Å²) in [7, 11) is 0. The van der Waals surface area contributed by atoms with Crippen molar-refractivity contribution in [2.75, 3.05) is 9.80 Å². The molecule has 2 aliphatic carbocycles. The first-order valence-electron chi connectivity index (χ1n) is 26.2. The van der Waals surface area contributed by atoms with Gasteiger partial charge in [0.1, 0.15) is 11.2 Å². The molecule has 76 heavy (non-hydrogen) atoms.